The van der Waals surface area contributed by atoms with E-state index in [0.717, 1.165) is 88.3 Å². The summed E-state index contributed by atoms with van der Waals surface area (Å²) >= 11 is 0. The lowest BCUT2D eigenvalue weighted by molar-refractivity contribution is -0.385. The number of amides is 1. The molecule has 0 saturated carbocycles. The number of aromatic nitrogens is 2. The van der Waals surface area contributed by atoms with Crippen molar-refractivity contribution in [2.75, 3.05) is 57.8 Å². The molecule has 3 fully saturated rings. The Morgan fingerprint density at radius 2 is 1.83 bits per heavy atom. The zero-order chi connectivity index (χ0) is 30.1. The van der Waals surface area contributed by atoms with Gasteiger partial charge in [0.05, 0.1) is 18.2 Å². The monoisotopic (exact) mass is 582 g/mol. The molecule has 1 aromatic carbocycles. The zero-order valence-corrected chi connectivity index (χ0v) is 25.8. The summed E-state index contributed by atoms with van der Waals surface area (Å²) in [6, 6.07) is 3.44. The maximum Gasteiger partial charge on any atom is 0.410 e. The van der Waals surface area contributed by atoms with E-state index in [-0.39, 0.29) is 22.5 Å². The first kappa shape index (κ1) is 30.1. The Balaban J connectivity index is 1.20. The number of piperidine rings is 3. The van der Waals surface area contributed by atoms with Crippen LogP contribution in [0.1, 0.15) is 59.3 Å². The number of benzene rings is 1. The first-order valence-corrected chi connectivity index (χ1v) is 15.3. The molecule has 1 amide bonds. The topological polar surface area (TPSA) is 106 Å². The van der Waals surface area contributed by atoms with Crippen molar-refractivity contribution >= 4 is 17.5 Å². The number of aryl methyl sites for hydroxylation is 1. The van der Waals surface area contributed by atoms with Crippen LogP contribution in [-0.2, 0) is 11.8 Å². The van der Waals surface area contributed by atoms with E-state index in [9.17, 15) is 14.9 Å². The highest BCUT2D eigenvalue weighted by atomic mass is 16.6. The van der Waals surface area contributed by atoms with Crippen molar-refractivity contribution < 1.29 is 19.2 Å². The summed E-state index contributed by atoms with van der Waals surface area (Å²) in [7, 11) is 3.33. The summed E-state index contributed by atoms with van der Waals surface area (Å²) in [4.78, 5) is 30.8. The highest BCUT2D eigenvalue weighted by Gasteiger charge is 2.40. The van der Waals surface area contributed by atoms with E-state index < -0.39 is 5.60 Å². The smallest absolute Gasteiger partial charge is 0.410 e. The Morgan fingerprint density at radius 3 is 2.43 bits per heavy atom. The number of hydrogen-bond donors (Lipinski definition) is 0. The fourth-order valence-corrected chi connectivity index (χ4v) is 7.00. The molecule has 42 heavy (non-hydrogen) atoms. The fourth-order valence-electron chi connectivity index (χ4n) is 7.00. The number of carbonyl (C=O) groups excluding carboxylic acids is 1. The predicted octanol–water partition coefficient (Wildman–Crippen LogP) is 5.33. The zero-order valence-electron chi connectivity index (χ0n) is 25.8. The molecule has 0 atom stereocenters. The molecule has 230 valence electrons. The maximum atomic E-state index is 12.6. The third-order valence-electron chi connectivity index (χ3n) is 9.20. The molecule has 0 radical (unpaired) electrons. The highest BCUT2D eigenvalue weighted by Crippen LogP contribution is 2.43. The SMILES string of the molecule is COc1cc(N2CCC(CN3CCCC4(CCN(C(=O)OC(C)(C)C)CC4)C3)CC2)c(-c2cnn(C)c2)cc1[N+](=O)[O-]. The maximum absolute atomic E-state index is 12.6. The number of ether oxygens (including phenoxy) is 2. The molecule has 1 aromatic heterocycles. The van der Waals surface area contributed by atoms with Crippen LogP contribution in [0.15, 0.2) is 24.5 Å². The van der Waals surface area contributed by atoms with Gasteiger partial charge in [0.25, 0.3) is 0 Å². The van der Waals surface area contributed by atoms with Crippen LogP contribution in [0.2, 0.25) is 0 Å². The van der Waals surface area contributed by atoms with Crippen LogP contribution in [0.5, 0.6) is 5.75 Å². The quantitative estimate of drug-likeness (QED) is 0.332. The van der Waals surface area contributed by atoms with Gasteiger partial charge >= 0.3 is 11.8 Å². The second-order valence-electron chi connectivity index (χ2n) is 13.4. The number of hydrogen-bond acceptors (Lipinski definition) is 8. The van der Waals surface area contributed by atoms with Gasteiger partial charge in [-0.15, -0.1) is 0 Å². The lowest BCUT2D eigenvalue weighted by Gasteiger charge is -2.48. The van der Waals surface area contributed by atoms with Crippen LogP contribution in [0, 0.1) is 21.4 Å². The minimum absolute atomic E-state index is 0.0362. The van der Waals surface area contributed by atoms with Crippen molar-refractivity contribution in [2.45, 2.75) is 64.9 Å². The minimum Gasteiger partial charge on any atom is -0.490 e. The second-order valence-corrected chi connectivity index (χ2v) is 13.4. The van der Waals surface area contributed by atoms with E-state index >= 15 is 0 Å². The number of rotatable bonds is 6. The van der Waals surface area contributed by atoms with Gasteiger partial charge in [0.1, 0.15) is 5.60 Å². The molecule has 2 aromatic rings. The van der Waals surface area contributed by atoms with Crippen molar-refractivity contribution in [3.63, 3.8) is 0 Å². The molecular formula is C31H46N6O5. The van der Waals surface area contributed by atoms with Crippen molar-refractivity contribution in [1.82, 2.24) is 19.6 Å². The Bertz CT molecular complexity index is 1270. The van der Waals surface area contributed by atoms with Crippen molar-refractivity contribution in [2.24, 2.45) is 18.4 Å². The molecular weight excluding hydrogens is 536 g/mol. The number of likely N-dealkylation sites (tertiary alicyclic amines) is 2. The molecule has 0 bridgehead atoms. The van der Waals surface area contributed by atoms with E-state index in [1.54, 1.807) is 16.9 Å². The van der Waals surface area contributed by atoms with Crippen LogP contribution < -0.4 is 9.64 Å². The third-order valence-corrected chi connectivity index (χ3v) is 9.20. The lowest BCUT2D eigenvalue weighted by Crippen LogP contribution is -2.52. The van der Waals surface area contributed by atoms with Crippen LogP contribution in [0.25, 0.3) is 11.1 Å². The average molecular weight is 583 g/mol. The normalized spacial score (nSPS) is 20.1. The highest BCUT2D eigenvalue weighted by molar-refractivity contribution is 5.82. The summed E-state index contributed by atoms with van der Waals surface area (Å²) in [6.45, 7) is 12.4. The second kappa shape index (κ2) is 12.1. The van der Waals surface area contributed by atoms with Gasteiger partial charge in [-0.05, 0) is 77.2 Å². The number of nitro groups is 1. The van der Waals surface area contributed by atoms with Crippen LogP contribution in [0.4, 0.5) is 16.2 Å². The summed E-state index contributed by atoms with van der Waals surface area (Å²) in [6.07, 6.45) is 10.1. The van der Waals surface area contributed by atoms with Gasteiger partial charge < -0.3 is 24.2 Å². The Labute approximate surface area is 248 Å². The molecule has 5 rings (SSSR count). The van der Waals surface area contributed by atoms with Gasteiger partial charge in [-0.25, -0.2) is 4.79 Å². The summed E-state index contributed by atoms with van der Waals surface area (Å²) in [5.74, 6) is 0.890. The van der Waals surface area contributed by atoms with Crippen molar-refractivity contribution in [3.05, 3.63) is 34.6 Å². The first-order valence-electron chi connectivity index (χ1n) is 15.3. The van der Waals surface area contributed by atoms with Crippen molar-refractivity contribution in [3.8, 4) is 16.9 Å². The molecule has 3 aliphatic rings. The molecule has 11 nitrogen and oxygen atoms in total. The Hall–Kier alpha value is -3.34. The number of nitrogens with zero attached hydrogens (tertiary/aromatic N) is 6. The van der Waals surface area contributed by atoms with Crippen LogP contribution >= 0.6 is 0 Å². The molecule has 1 spiro atoms. The van der Waals surface area contributed by atoms with E-state index in [4.69, 9.17) is 9.47 Å². The largest absolute Gasteiger partial charge is 0.490 e. The van der Waals surface area contributed by atoms with Gasteiger partial charge in [0.2, 0.25) is 0 Å². The fraction of sp³-hybridized carbons (Fsp3) is 0.677. The predicted molar refractivity (Wildman–Crippen MR) is 162 cm³/mol. The van der Waals surface area contributed by atoms with E-state index in [1.807, 2.05) is 45.0 Å². The molecule has 11 heteroatoms. The Kier molecular flexibility index (Phi) is 8.68. The Morgan fingerprint density at radius 1 is 1.12 bits per heavy atom. The lowest BCUT2D eigenvalue weighted by atomic mass is 9.72. The summed E-state index contributed by atoms with van der Waals surface area (Å²) in [5.41, 5.74) is 2.42. The number of methoxy groups -OCH3 is 1. The summed E-state index contributed by atoms with van der Waals surface area (Å²) in [5, 5.41) is 16.1. The van der Waals surface area contributed by atoms with E-state index in [0.29, 0.717) is 11.3 Å². The van der Waals surface area contributed by atoms with Gasteiger partial charge in [-0.3, -0.25) is 14.8 Å². The molecule has 3 aliphatic heterocycles. The number of nitro benzene ring substituents is 1. The van der Waals surface area contributed by atoms with Gasteiger partial charge in [0, 0.05) is 81.5 Å². The molecule has 3 saturated heterocycles. The first-order chi connectivity index (χ1) is 19.9. The van der Waals surface area contributed by atoms with Gasteiger partial charge in [-0.1, -0.05) is 0 Å². The van der Waals surface area contributed by atoms with Crippen molar-refractivity contribution in [1.29, 1.82) is 0 Å². The van der Waals surface area contributed by atoms with Gasteiger partial charge in [-0.2, -0.15) is 5.10 Å². The minimum atomic E-state index is -0.464. The molecule has 0 aliphatic carbocycles. The molecule has 0 N–H and O–H groups in total. The van der Waals surface area contributed by atoms with Gasteiger partial charge in [0.15, 0.2) is 5.75 Å². The van der Waals surface area contributed by atoms with Crippen LogP contribution in [-0.4, -0.2) is 89.1 Å². The standard InChI is InChI=1S/C31H46N6O5/c1-30(2,3)42-29(38)36-15-10-31(11-16-36)9-6-12-34(22-31)20-23-7-13-35(14-8-23)26-18-28(41-5)27(37(39)40)17-25(26)24-19-32-33(4)21-24/h17-19,21,23H,6-16,20,22H2,1-5H3. The number of carbonyl (C=O) groups is 1. The number of anilines is 1. The van der Waals surface area contributed by atoms with Crippen LogP contribution in [0.3, 0.4) is 0 Å². The van der Waals surface area contributed by atoms with E-state index in [2.05, 4.69) is 14.9 Å². The third kappa shape index (κ3) is 6.82. The molecule has 4 heterocycles. The average Bonchev–Trinajstić information content (AvgIpc) is 3.38. The molecule has 0 unspecified atom stereocenters. The summed E-state index contributed by atoms with van der Waals surface area (Å²) < 4.78 is 12.8. The van der Waals surface area contributed by atoms with E-state index in [1.165, 1.54) is 20.0 Å².